The van der Waals surface area contributed by atoms with Crippen LogP contribution in [0.1, 0.15) is 33.6 Å². The molecule has 0 aromatic heterocycles. The third-order valence-electron chi connectivity index (χ3n) is 3.46. The molecule has 0 N–H and O–H groups in total. The molecule has 1 aliphatic rings. The van der Waals surface area contributed by atoms with Gasteiger partial charge in [-0.15, -0.1) is 0 Å². The maximum Gasteiger partial charge on any atom is 0.193 e. The SMILES string of the molecule is CC(C)(C)[Si](C)(C)OC(C=O)C1CC1. The summed E-state index contributed by atoms with van der Waals surface area (Å²) in [6, 6.07) is 0. The first-order valence-electron chi connectivity index (χ1n) is 5.41. The van der Waals surface area contributed by atoms with Crippen LogP contribution >= 0.6 is 0 Å². The summed E-state index contributed by atoms with van der Waals surface area (Å²) in [6.07, 6.45) is 3.20. The van der Waals surface area contributed by atoms with Crippen LogP contribution in [0.2, 0.25) is 18.1 Å². The van der Waals surface area contributed by atoms with Gasteiger partial charge in [0.25, 0.3) is 0 Å². The van der Waals surface area contributed by atoms with Crippen molar-refractivity contribution in [2.75, 3.05) is 0 Å². The number of rotatable bonds is 4. The van der Waals surface area contributed by atoms with Gasteiger partial charge in [0.2, 0.25) is 0 Å². The van der Waals surface area contributed by atoms with Crippen LogP contribution in [-0.4, -0.2) is 20.7 Å². The van der Waals surface area contributed by atoms with Crippen LogP contribution in [-0.2, 0) is 9.22 Å². The quantitative estimate of drug-likeness (QED) is 0.531. The smallest absolute Gasteiger partial charge is 0.193 e. The van der Waals surface area contributed by atoms with Crippen molar-refractivity contribution in [3.63, 3.8) is 0 Å². The zero-order valence-corrected chi connectivity index (χ0v) is 11.0. The minimum absolute atomic E-state index is 0.129. The molecule has 1 unspecified atom stereocenters. The average Bonchev–Trinajstić information content (AvgIpc) is 2.80. The molecule has 0 bridgehead atoms. The Hall–Kier alpha value is -0.153. The Labute approximate surface area is 88.2 Å². The van der Waals surface area contributed by atoms with E-state index >= 15 is 0 Å². The molecule has 0 aliphatic heterocycles. The van der Waals surface area contributed by atoms with E-state index < -0.39 is 8.32 Å². The van der Waals surface area contributed by atoms with E-state index in [4.69, 9.17) is 4.43 Å². The van der Waals surface area contributed by atoms with E-state index in [1.807, 2.05) is 0 Å². The monoisotopic (exact) mass is 214 g/mol. The van der Waals surface area contributed by atoms with Crippen molar-refractivity contribution in [3.8, 4) is 0 Å². The first-order valence-corrected chi connectivity index (χ1v) is 8.32. The largest absolute Gasteiger partial charge is 0.407 e. The fourth-order valence-corrected chi connectivity index (χ4v) is 2.46. The Morgan fingerprint density at radius 1 is 1.36 bits per heavy atom. The zero-order chi connectivity index (χ0) is 11.0. The molecule has 14 heavy (non-hydrogen) atoms. The summed E-state index contributed by atoms with van der Waals surface area (Å²) >= 11 is 0. The summed E-state index contributed by atoms with van der Waals surface area (Å²) in [4.78, 5) is 10.9. The molecule has 0 aromatic carbocycles. The lowest BCUT2D eigenvalue weighted by molar-refractivity contribution is -0.114. The third-order valence-corrected chi connectivity index (χ3v) is 7.93. The minimum Gasteiger partial charge on any atom is -0.407 e. The molecule has 0 radical (unpaired) electrons. The van der Waals surface area contributed by atoms with Gasteiger partial charge in [0.1, 0.15) is 12.4 Å². The number of aldehydes is 1. The molecule has 82 valence electrons. The van der Waals surface area contributed by atoms with Crippen molar-refractivity contribution in [2.45, 2.75) is 57.8 Å². The Morgan fingerprint density at radius 3 is 2.14 bits per heavy atom. The lowest BCUT2D eigenvalue weighted by Crippen LogP contribution is -2.44. The van der Waals surface area contributed by atoms with Crippen molar-refractivity contribution in [1.82, 2.24) is 0 Å². The molecule has 3 heteroatoms. The maximum atomic E-state index is 10.9. The van der Waals surface area contributed by atoms with Crippen LogP contribution in [0.15, 0.2) is 0 Å². The summed E-state index contributed by atoms with van der Waals surface area (Å²) in [7, 11) is -1.74. The number of hydrogen-bond acceptors (Lipinski definition) is 2. The fourth-order valence-electron chi connectivity index (χ4n) is 1.18. The van der Waals surface area contributed by atoms with E-state index in [-0.39, 0.29) is 11.1 Å². The zero-order valence-electron chi connectivity index (χ0n) is 9.96. The van der Waals surface area contributed by atoms with Crippen LogP contribution in [0.25, 0.3) is 0 Å². The van der Waals surface area contributed by atoms with Gasteiger partial charge in [-0.05, 0) is 36.9 Å². The molecule has 0 aromatic rings. The first kappa shape index (κ1) is 11.9. The van der Waals surface area contributed by atoms with Crippen molar-refractivity contribution in [2.24, 2.45) is 5.92 Å². The second-order valence-electron chi connectivity index (χ2n) is 5.82. The summed E-state index contributed by atoms with van der Waals surface area (Å²) < 4.78 is 6.05. The molecule has 2 nitrogen and oxygen atoms in total. The molecule has 0 spiro atoms. The number of carbonyl (C=O) groups is 1. The molecule has 0 heterocycles. The molecular weight excluding hydrogens is 192 g/mol. The van der Waals surface area contributed by atoms with Crippen molar-refractivity contribution in [3.05, 3.63) is 0 Å². The Balaban J connectivity index is 2.60. The molecule has 0 saturated heterocycles. The van der Waals surface area contributed by atoms with Crippen LogP contribution in [0, 0.1) is 5.92 Å². The van der Waals surface area contributed by atoms with Gasteiger partial charge < -0.3 is 9.22 Å². The maximum absolute atomic E-state index is 10.9. The minimum atomic E-state index is -1.74. The second-order valence-corrected chi connectivity index (χ2v) is 10.6. The molecule has 1 rings (SSSR count). The number of hydrogen-bond donors (Lipinski definition) is 0. The lowest BCUT2D eigenvalue weighted by Gasteiger charge is -2.38. The van der Waals surface area contributed by atoms with Gasteiger partial charge in [-0.1, -0.05) is 20.8 Å². The second kappa shape index (κ2) is 3.78. The molecule has 1 atom stereocenters. The summed E-state index contributed by atoms with van der Waals surface area (Å²) in [5.41, 5.74) is 0. The van der Waals surface area contributed by atoms with E-state index in [9.17, 15) is 4.79 Å². The summed E-state index contributed by atoms with van der Waals surface area (Å²) in [5, 5.41) is 0.198. The van der Waals surface area contributed by atoms with Crippen molar-refractivity contribution < 1.29 is 9.22 Å². The average molecular weight is 214 g/mol. The topological polar surface area (TPSA) is 26.3 Å². The highest BCUT2D eigenvalue weighted by atomic mass is 28.4. The van der Waals surface area contributed by atoms with Gasteiger partial charge in [-0.3, -0.25) is 0 Å². The predicted molar refractivity (Wildman–Crippen MR) is 60.9 cm³/mol. The highest BCUT2D eigenvalue weighted by Crippen LogP contribution is 2.41. The van der Waals surface area contributed by atoms with Crippen LogP contribution in [0.3, 0.4) is 0 Å². The highest BCUT2D eigenvalue weighted by Gasteiger charge is 2.42. The normalized spacial score (nSPS) is 20.6. The lowest BCUT2D eigenvalue weighted by atomic mass is 10.2. The standard InChI is InChI=1S/C11H22O2Si/c1-11(2,3)14(4,5)13-10(8-12)9-6-7-9/h8-10H,6-7H2,1-5H3. The highest BCUT2D eigenvalue weighted by molar-refractivity contribution is 6.74. The number of carbonyl (C=O) groups excluding carboxylic acids is 1. The third kappa shape index (κ3) is 2.67. The van der Waals surface area contributed by atoms with Crippen LogP contribution in [0.5, 0.6) is 0 Å². The summed E-state index contributed by atoms with van der Waals surface area (Å²) in [5.74, 6) is 0.515. The predicted octanol–water partition coefficient (Wildman–Crippen LogP) is 2.99. The van der Waals surface area contributed by atoms with Gasteiger partial charge in [0.15, 0.2) is 8.32 Å². The summed E-state index contributed by atoms with van der Waals surface area (Å²) in [6.45, 7) is 11.0. The Morgan fingerprint density at radius 2 is 1.86 bits per heavy atom. The van der Waals surface area contributed by atoms with E-state index in [0.29, 0.717) is 5.92 Å². The van der Waals surface area contributed by atoms with Gasteiger partial charge in [0.05, 0.1) is 0 Å². The van der Waals surface area contributed by atoms with E-state index in [1.165, 1.54) is 0 Å². The molecule has 1 fully saturated rings. The molecule has 1 saturated carbocycles. The van der Waals surface area contributed by atoms with Crippen LogP contribution < -0.4 is 0 Å². The van der Waals surface area contributed by atoms with Gasteiger partial charge in [-0.2, -0.15) is 0 Å². The van der Waals surface area contributed by atoms with Gasteiger partial charge in [0, 0.05) is 0 Å². The van der Waals surface area contributed by atoms with E-state index in [1.54, 1.807) is 0 Å². The molecular formula is C11H22O2Si. The van der Waals surface area contributed by atoms with E-state index in [0.717, 1.165) is 19.1 Å². The van der Waals surface area contributed by atoms with Gasteiger partial charge in [-0.25, -0.2) is 0 Å². The van der Waals surface area contributed by atoms with Crippen LogP contribution in [0.4, 0.5) is 0 Å². The van der Waals surface area contributed by atoms with Crippen molar-refractivity contribution in [1.29, 1.82) is 0 Å². The Kier molecular flexibility index (Phi) is 3.22. The van der Waals surface area contributed by atoms with Gasteiger partial charge >= 0.3 is 0 Å². The molecule has 1 aliphatic carbocycles. The Bertz CT molecular complexity index is 214. The first-order chi connectivity index (χ1) is 6.28. The fraction of sp³-hybridized carbons (Fsp3) is 0.909. The van der Waals surface area contributed by atoms with Crippen molar-refractivity contribution >= 4 is 14.6 Å². The van der Waals surface area contributed by atoms with E-state index in [2.05, 4.69) is 33.9 Å². The molecule has 0 amide bonds.